The molecule has 1 fully saturated rings. The van der Waals surface area contributed by atoms with Crippen molar-refractivity contribution in [1.29, 1.82) is 0 Å². The number of carbonyl (C=O) groups excluding carboxylic acids is 1. The van der Waals surface area contributed by atoms with E-state index in [0.29, 0.717) is 11.7 Å². The lowest BCUT2D eigenvalue weighted by Gasteiger charge is -2.22. The van der Waals surface area contributed by atoms with Crippen molar-refractivity contribution in [3.63, 3.8) is 0 Å². The maximum Gasteiger partial charge on any atom is 0.268 e. The van der Waals surface area contributed by atoms with Gasteiger partial charge in [0.25, 0.3) is 5.91 Å². The summed E-state index contributed by atoms with van der Waals surface area (Å²) in [5, 5.41) is 3.16. The highest BCUT2D eigenvalue weighted by atomic mass is 79.9. The summed E-state index contributed by atoms with van der Waals surface area (Å²) < 4.78 is 4.85. The minimum atomic E-state index is -0.0183. The van der Waals surface area contributed by atoms with Gasteiger partial charge in [0.05, 0.1) is 12.4 Å². The summed E-state index contributed by atoms with van der Waals surface area (Å²) in [5.74, 6) is -0.0183. The van der Waals surface area contributed by atoms with Gasteiger partial charge in [-0.1, -0.05) is 0 Å². The molecule has 3 rings (SSSR count). The summed E-state index contributed by atoms with van der Waals surface area (Å²) in [6.07, 6.45) is 10.7. The Balaban J connectivity index is 1.74. The predicted molar refractivity (Wildman–Crippen MR) is 79.5 cm³/mol. The van der Waals surface area contributed by atoms with Crippen molar-refractivity contribution in [2.75, 3.05) is 0 Å². The number of aromatic nitrogens is 3. The van der Waals surface area contributed by atoms with Crippen LogP contribution >= 0.6 is 15.9 Å². The molecule has 1 N–H and O–H groups in total. The van der Waals surface area contributed by atoms with Gasteiger partial charge in [-0.25, -0.2) is 4.98 Å². The van der Waals surface area contributed by atoms with Crippen molar-refractivity contribution < 1.29 is 4.79 Å². The molecule has 1 aliphatic rings. The number of halogens is 1. The Morgan fingerprint density at radius 2 is 2.35 bits per heavy atom. The fourth-order valence-corrected chi connectivity index (χ4v) is 3.45. The number of nitrogens with one attached hydrogen (secondary N) is 1. The van der Waals surface area contributed by atoms with Crippen molar-refractivity contribution in [3.8, 4) is 0 Å². The molecule has 1 aliphatic carbocycles. The largest absolute Gasteiger partial charge is 0.346 e. The number of aryl methyl sites for hydroxylation is 1. The molecule has 2 atom stereocenters. The Morgan fingerprint density at radius 3 is 3.00 bits per heavy atom. The third kappa shape index (κ3) is 2.52. The summed E-state index contributed by atoms with van der Waals surface area (Å²) in [6, 6.07) is 2.33. The fourth-order valence-electron chi connectivity index (χ4n) is 2.92. The Hall–Kier alpha value is -1.56. The average Bonchev–Trinajstić information content (AvgIpc) is 3.09. The number of amides is 1. The van der Waals surface area contributed by atoms with E-state index in [0.717, 1.165) is 23.7 Å². The van der Waals surface area contributed by atoms with E-state index in [1.54, 1.807) is 6.20 Å². The Kier molecular flexibility index (Phi) is 3.65. The first-order chi connectivity index (χ1) is 9.65. The van der Waals surface area contributed by atoms with Crippen LogP contribution in [0.2, 0.25) is 0 Å². The van der Waals surface area contributed by atoms with Crippen LogP contribution in [0.5, 0.6) is 0 Å². The maximum atomic E-state index is 12.4. The molecule has 2 aromatic heterocycles. The summed E-state index contributed by atoms with van der Waals surface area (Å²) in [6.45, 7) is 0. The van der Waals surface area contributed by atoms with Gasteiger partial charge in [0, 0.05) is 36.2 Å². The molecule has 0 saturated heterocycles. The van der Waals surface area contributed by atoms with E-state index in [-0.39, 0.29) is 11.9 Å². The molecular formula is C14H17BrN4O. The molecule has 0 spiro atoms. The van der Waals surface area contributed by atoms with Gasteiger partial charge in [-0.3, -0.25) is 4.79 Å². The van der Waals surface area contributed by atoms with Crippen LogP contribution in [-0.4, -0.2) is 26.1 Å². The van der Waals surface area contributed by atoms with Gasteiger partial charge in [-0.05, 0) is 41.3 Å². The second-order valence-corrected chi connectivity index (χ2v) is 6.16. The van der Waals surface area contributed by atoms with Crippen LogP contribution in [0.25, 0.3) is 0 Å². The molecule has 0 aliphatic heterocycles. The lowest BCUT2D eigenvalue weighted by atomic mass is 10.1. The number of imidazole rings is 1. The molecule has 2 heterocycles. The monoisotopic (exact) mass is 336 g/mol. The van der Waals surface area contributed by atoms with Crippen molar-refractivity contribution in [2.24, 2.45) is 7.05 Å². The van der Waals surface area contributed by atoms with Gasteiger partial charge in [0.15, 0.2) is 0 Å². The normalized spacial score (nSPS) is 22.1. The zero-order valence-corrected chi connectivity index (χ0v) is 12.9. The molecule has 1 amide bonds. The summed E-state index contributed by atoms with van der Waals surface area (Å²) in [4.78, 5) is 16.5. The smallest absolute Gasteiger partial charge is 0.268 e. The fraction of sp³-hybridized carbons (Fsp3) is 0.429. The van der Waals surface area contributed by atoms with E-state index >= 15 is 0 Å². The molecule has 0 aromatic carbocycles. The van der Waals surface area contributed by atoms with Gasteiger partial charge < -0.3 is 14.5 Å². The van der Waals surface area contributed by atoms with E-state index in [2.05, 4.69) is 30.8 Å². The first-order valence-electron chi connectivity index (χ1n) is 6.75. The standard InChI is InChI=1S/C14H17BrN4O/c1-18-8-10(15)7-13(18)14(20)17-11-3-2-4-12(11)19-6-5-16-9-19/h5-9,11-12H,2-4H2,1H3,(H,17,20). The molecule has 106 valence electrons. The third-order valence-corrected chi connectivity index (χ3v) is 4.34. The van der Waals surface area contributed by atoms with Crippen molar-refractivity contribution in [2.45, 2.75) is 31.3 Å². The van der Waals surface area contributed by atoms with Crippen LogP contribution in [0.1, 0.15) is 35.8 Å². The van der Waals surface area contributed by atoms with Gasteiger partial charge in [0.1, 0.15) is 5.69 Å². The Bertz CT molecular complexity index is 605. The first kappa shape index (κ1) is 13.4. The van der Waals surface area contributed by atoms with E-state index in [1.807, 2.05) is 36.4 Å². The van der Waals surface area contributed by atoms with Crippen molar-refractivity contribution in [1.82, 2.24) is 19.4 Å². The van der Waals surface area contributed by atoms with E-state index in [1.165, 1.54) is 0 Å². The van der Waals surface area contributed by atoms with Gasteiger partial charge in [-0.2, -0.15) is 0 Å². The van der Waals surface area contributed by atoms with E-state index < -0.39 is 0 Å². The highest BCUT2D eigenvalue weighted by molar-refractivity contribution is 9.10. The molecular weight excluding hydrogens is 320 g/mol. The minimum absolute atomic E-state index is 0.0183. The second-order valence-electron chi connectivity index (χ2n) is 5.24. The van der Waals surface area contributed by atoms with E-state index in [9.17, 15) is 4.79 Å². The first-order valence-corrected chi connectivity index (χ1v) is 7.54. The number of carbonyl (C=O) groups is 1. The SMILES string of the molecule is Cn1cc(Br)cc1C(=O)NC1CCCC1n1ccnc1. The topological polar surface area (TPSA) is 51.9 Å². The Morgan fingerprint density at radius 1 is 1.50 bits per heavy atom. The lowest BCUT2D eigenvalue weighted by molar-refractivity contribution is 0.0920. The number of hydrogen-bond donors (Lipinski definition) is 1. The summed E-state index contributed by atoms with van der Waals surface area (Å²) >= 11 is 3.39. The Labute approximate surface area is 126 Å². The average molecular weight is 337 g/mol. The van der Waals surface area contributed by atoms with Crippen LogP contribution in [0.4, 0.5) is 0 Å². The molecule has 6 heteroatoms. The van der Waals surface area contributed by atoms with Gasteiger partial charge >= 0.3 is 0 Å². The molecule has 20 heavy (non-hydrogen) atoms. The number of rotatable bonds is 3. The van der Waals surface area contributed by atoms with Crippen LogP contribution in [0.3, 0.4) is 0 Å². The van der Waals surface area contributed by atoms with E-state index in [4.69, 9.17) is 0 Å². The van der Waals surface area contributed by atoms with Crippen molar-refractivity contribution in [3.05, 3.63) is 41.2 Å². The quantitative estimate of drug-likeness (QED) is 0.936. The third-order valence-electron chi connectivity index (χ3n) is 3.91. The zero-order chi connectivity index (χ0) is 14.1. The van der Waals surface area contributed by atoms with Crippen LogP contribution in [-0.2, 0) is 7.05 Å². The molecule has 2 aromatic rings. The maximum absolute atomic E-state index is 12.4. The molecule has 1 saturated carbocycles. The lowest BCUT2D eigenvalue weighted by Crippen LogP contribution is -2.38. The highest BCUT2D eigenvalue weighted by Gasteiger charge is 2.30. The second kappa shape index (κ2) is 5.44. The molecule has 5 nitrogen and oxygen atoms in total. The van der Waals surface area contributed by atoms with Crippen molar-refractivity contribution >= 4 is 21.8 Å². The summed E-state index contributed by atoms with van der Waals surface area (Å²) in [5.41, 5.74) is 0.674. The predicted octanol–water partition coefficient (Wildman–Crippen LogP) is 2.51. The number of hydrogen-bond acceptors (Lipinski definition) is 2. The molecule has 2 unspecified atom stereocenters. The van der Waals surface area contributed by atoms with Gasteiger partial charge in [0.2, 0.25) is 0 Å². The highest BCUT2D eigenvalue weighted by Crippen LogP contribution is 2.30. The van der Waals surface area contributed by atoms with Crippen LogP contribution in [0.15, 0.2) is 35.5 Å². The minimum Gasteiger partial charge on any atom is -0.346 e. The van der Waals surface area contributed by atoms with Crippen LogP contribution < -0.4 is 5.32 Å². The zero-order valence-electron chi connectivity index (χ0n) is 11.3. The van der Waals surface area contributed by atoms with Crippen LogP contribution in [0, 0.1) is 0 Å². The van der Waals surface area contributed by atoms with Gasteiger partial charge in [-0.15, -0.1) is 0 Å². The number of nitrogens with zero attached hydrogens (tertiary/aromatic N) is 3. The molecule has 0 radical (unpaired) electrons. The summed E-state index contributed by atoms with van der Waals surface area (Å²) in [7, 11) is 1.88. The molecule has 0 bridgehead atoms.